The molecular formula is C29H31Cl2N3O4S. The average Bonchev–Trinajstić information content (AvgIpc) is 3.45. The van der Waals surface area contributed by atoms with Gasteiger partial charge in [-0.15, -0.1) is 0 Å². The van der Waals surface area contributed by atoms with E-state index < -0.39 is 28.5 Å². The molecule has 4 rings (SSSR count). The summed E-state index contributed by atoms with van der Waals surface area (Å²) in [5, 5.41) is 3.21. The number of hydrogen-bond acceptors (Lipinski definition) is 4. The lowest BCUT2D eigenvalue weighted by atomic mass is 10.1. The Kier molecular flexibility index (Phi) is 9.53. The van der Waals surface area contributed by atoms with Crippen molar-refractivity contribution in [2.24, 2.45) is 0 Å². The third-order valence-corrected chi connectivity index (χ3v) is 9.46. The SMILES string of the molecule is C[C@@H](C(=O)NC1CCCC1)N(Cc1ccccc1)C(=O)CN(c1cccc(Cl)c1Cl)S(=O)(=O)c1ccccc1. The Hall–Kier alpha value is -3.07. The number of nitrogens with zero attached hydrogens (tertiary/aromatic N) is 2. The van der Waals surface area contributed by atoms with Crippen LogP contribution >= 0.6 is 23.2 Å². The van der Waals surface area contributed by atoms with Crippen LogP contribution in [-0.4, -0.2) is 43.8 Å². The molecule has 3 aromatic rings. The van der Waals surface area contributed by atoms with Crippen LogP contribution in [0.3, 0.4) is 0 Å². The normalized spacial score (nSPS) is 14.5. The van der Waals surface area contributed by atoms with E-state index in [0.29, 0.717) is 0 Å². The van der Waals surface area contributed by atoms with Crippen molar-refractivity contribution in [3.05, 3.63) is 94.5 Å². The molecule has 1 N–H and O–H groups in total. The van der Waals surface area contributed by atoms with Gasteiger partial charge in [0.2, 0.25) is 11.8 Å². The summed E-state index contributed by atoms with van der Waals surface area (Å²) in [6, 6.07) is 20.9. The van der Waals surface area contributed by atoms with E-state index >= 15 is 0 Å². The summed E-state index contributed by atoms with van der Waals surface area (Å²) in [6.07, 6.45) is 3.92. The molecule has 2 amide bonds. The molecule has 7 nitrogen and oxygen atoms in total. The van der Waals surface area contributed by atoms with E-state index in [2.05, 4.69) is 5.32 Å². The third-order valence-electron chi connectivity index (χ3n) is 6.87. The Balaban J connectivity index is 1.70. The van der Waals surface area contributed by atoms with Crippen LogP contribution in [0.1, 0.15) is 38.2 Å². The van der Waals surface area contributed by atoms with Crippen molar-refractivity contribution >= 4 is 50.7 Å². The molecule has 1 atom stereocenters. The standard InChI is InChI=1S/C29H31Cl2N3O4S/c1-21(29(36)32-23-13-8-9-14-23)33(19-22-11-4-2-5-12-22)27(35)20-34(26-18-10-17-25(30)28(26)31)39(37,38)24-15-6-3-7-16-24/h2-7,10-12,15-18,21,23H,8-9,13-14,19-20H2,1H3,(H,32,36)/t21-/m0/s1. The predicted molar refractivity (Wildman–Crippen MR) is 154 cm³/mol. The van der Waals surface area contributed by atoms with Crippen molar-refractivity contribution in [2.45, 2.75) is 56.1 Å². The van der Waals surface area contributed by atoms with E-state index in [-0.39, 0.29) is 39.1 Å². The Morgan fingerprint density at radius 2 is 1.54 bits per heavy atom. The number of anilines is 1. The smallest absolute Gasteiger partial charge is 0.264 e. The highest BCUT2D eigenvalue weighted by atomic mass is 35.5. The Bertz CT molecular complexity index is 1400. The van der Waals surface area contributed by atoms with Gasteiger partial charge in [0.25, 0.3) is 10.0 Å². The summed E-state index contributed by atoms with van der Waals surface area (Å²) in [5.74, 6) is -0.826. The third kappa shape index (κ3) is 6.93. The minimum absolute atomic E-state index is 0.00419. The first kappa shape index (κ1) is 28.9. The van der Waals surface area contributed by atoms with E-state index in [1.165, 1.54) is 23.1 Å². The summed E-state index contributed by atoms with van der Waals surface area (Å²) < 4.78 is 28.6. The molecule has 0 aromatic heterocycles. The number of carbonyl (C=O) groups is 2. The molecule has 3 aromatic carbocycles. The molecule has 0 bridgehead atoms. The van der Waals surface area contributed by atoms with Gasteiger partial charge in [-0.3, -0.25) is 13.9 Å². The molecule has 0 aliphatic heterocycles. The average molecular weight is 589 g/mol. The minimum Gasteiger partial charge on any atom is -0.352 e. The molecule has 10 heteroatoms. The van der Waals surface area contributed by atoms with Gasteiger partial charge in [0, 0.05) is 12.6 Å². The molecule has 1 fully saturated rings. The Morgan fingerprint density at radius 3 is 2.18 bits per heavy atom. The van der Waals surface area contributed by atoms with Gasteiger partial charge in [0.15, 0.2) is 0 Å². The zero-order chi connectivity index (χ0) is 28.0. The first-order valence-electron chi connectivity index (χ1n) is 12.8. The highest BCUT2D eigenvalue weighted by Gasteiger charge is 2.34. The quantitative estimate of drug-likeness (QED) is 0.331. The highest BCUT2D eigenvalue weighted by Crippen LogP contribution is 2.35. The number of benzene rings is 3. The fourth-order valence-electron chi connectivity index (χ4n) is 4.67. The molecule has 1 aliphatic rings. The van der Waals surface area contributed by atoms with E-state index in [4.69, 9.17) is 23.2 Å². The number of nitrogens with one attached hydrogen (secondary N) is 1. The first-order valence-corrected chi connectivity index (χ1v) is 15.0. The van der Waals surface area contributed by atoms with Crippen molar-refractivity contribution in [2.75, 3.05) is 10.8 Å². The maximum Gasteiger partial charge on any atom is 0.264 e. The molecule has 39 heavy (non-hydrogen) atoms. The van der Waals surface area contributed by atoms with Crippen LogP contribution < -0.4 is 9.62 Å². The summed E-state index contributed by atoms with van der Waals surface area (Å²) >= 11 is 12.7. The summed E-state index contributed by atoms with van der Waals surface area (Å²) in [4.78, 5) is 28.6. The molecule has 0 unspecified atom stereocenters. The van der Waals surface area contributed by atoms with E-state index in [0.717, 1.165) is 35.6 Å². The van der Waals surface area contributed by atoms with Gasteiger partial charge in [0.05, 0.1) is 20.6 Å². The number of halogens is 2. The highest BCUT2D eigenvalue weighted by molar-refractivity contribution is 7.92. The number of amides is 2. The van der Waals surface area contributed by atoms with E-state index in [9.17, 15) is 18.0 Å². The topological polar surface area (TPSA) is 86.8 Å². The van der Waals surface area contributed by atoms with E-state index in [1.807, 2.05) is 30.3 Å². The lowest BCUT2D eigenvalue weighted by molar-refractivity contribution is -0.139. The van der Waals surface area contributed by atoms with Crippen LogP contribution in [0, 0.1) is 0 Å². The fourth-order valence-corrected chi connectivity index (χ4v) is 6.57. The summed E-state index contributed by atoms with van der Waals surface area (Å²) in [6.45, 7) is 1.21. The monoisotopic (exact) mass is 587 g/mol. The van der Waals surface area contributed by atoms with Crippen molar-refractivity contribution in [1.82, 2.24) is 10.2 Å². The molecule has 1 aliphatic carbocycles. The number of carbonyl (C=O) groups excluding carboxylic acids is 2. The van der Waals surface area contributed by atoms with Crippen LogP contribution in [-0.2, 0) is 26.2 Å². The predicted octanol–water partition coefficient (Wildman–Crippen LogP) is 5.66. The fraction of sp³-hybridized carbons (Fsp3) is 0.310. The first-order chi connectivity index (χ1) is 18.7. The molecule has 0 spiro atoms. The number of rotatable bonds is 10. The minimum atomic E-state index is -4.22. The van der Waals surface area contributed by atoms with Crippen molar-refractivity contribution < 1.29 is 18.0 Å². The second kappa shape index (κ2) is 12.9. The molecule has 0 heterocycles. The number of hydrogen-bond donors (Lipinski definition) is 1. The second-order valence-electron chi connectivity index (χ2n) is 9.57. The second-order valence-corrected chi connectivity index (χ2v) is 12.2. The van der Waals surface area contributed by atoms with Crippen LogP contribution in [0.15, 0.2) is 83.8 Å². The van der Waals surface area contributed by atoms with Gasteiger partial charge in [-0.05, 0) is 49.6 Å². The molecule has 206 valence electrons. The lowest BCUT2D eigenvalue weighted by Crippen LogP contribution is -2.52. The van der Waals surface area contributed by atoms with Gasteiger partial charge in [-0.2, -0.15) is 0 Å². The maximum atomic E-state index is 14.0. The summed E-state index contributed by atoms with van der Waals surface area (Å²) in [5.41, 5.74) is 0.883. The summed E-state index contributed by atoms with van der Waals surface area (Å²) in [7, 11) is -4.22. The Labute approximate surface area is 239 Å². The zero-order valence-corrected chi connectivity index (χ0v) is 23.9. The van der Waals surface area contributed by atoms with Gasteiger partial charge < -0.3 is 10.2 Å². The van der Waals surface area contributed by atoms with E-state index in [1.54, 1.807) is 37.3 Å². The molecule has 0 saturated heterocycles. The van der Waals surface area contributed by atoms with Crippen molar-refractivity contribution in [3.8, 4) is 0 Å². The number of sulfonamides is 1. The largest absolute Gasteiger partial charge is 0.352 e. The van der Waals surface area contributed by atoms with Gasteiger partial charge in [-0.25, -0.2) is 8.42 Å². The van der Waals surface area contributed by atoms with Gasteiger partial charge in [0.1, 0.15) is 12.6 Å². The molecule has 1 saturated carbocycles. The van der Waals surface area contributed by atoms with Gasteiger partial charge in [-0.1, -0.05) is 90.6 Å². The van der Waals surface area contributed by atoms with Crippen LogP contribution in [0.2, 0.25) is 10.0 Å². The van der Waals surface area contributed by atoms with Crippen LogP contribution in [0.5, 0.6) is 0 Å². The lowest BCUT2D eigenvalue weighted by Gasteiger charge is -2.32. The maximum absolute atomic E-state index is 14.0. The Morgan fingerprint density at radius 1 is 0.923 bits per heavy atom. The molecule has 0 radical (unpaired) electrons. The van der Waals surface area contributed by atoms with Gasteiger partial charge >= 0.3 is 0 Å². The van der Waals surface area contributed by atoms with Crippen molar-refractivity contribution in [3.63, 3.8) is 0 Å². The van der Waals surface area contributed by atoms with Crippen molar-refractivity contribution in [1.29, 1.82) is 0 Å². The van der Waals surface area contributed by atoms with Crippen LogP contribution in [0.4, 0.5) is 5.69 Å². The molecular weight excluding hydrogens is 557 g/mol. The zero-order valence-electron chi connectivity index (χ0n) is 21.6. The van der Waals surface area contributed by atoms with Crippen LogP contribution in [0.25, 0.3) is 0 Å².